The Bertz CT molecular complexity index is 494. The predicted molar refractivity (Wildman–Crippen MR) is 72.7 cm³/mol. The highest BCUT2D eigenvalue weighted by atomic mass is 16.5. The second-order valence-electron chi connectivity index (χ2n) is 5.17. The summed E-state index contributed by atoms with van der Waals surface area (Å²) in [5, 5.41) is 2.74. The van der Waals surface area contributed by atoms with Crippen molar-refractivity contribution in [1.82, 2.24) is 5.32 Å². The molecule has 0 saturated heterocycles. The lowest BCUT2D eigenvalue weighted by Crippen LogP contribution is -2.24. The molecule has 1 aliphatic rings. The summed E-state index contributed by atoms with van der Waals surface area (Å²) in [6.07, 6.45) is 1.37. The number of ether oxygens (including phenoxy) is 1. The molecule has 1 aromatic carbocycles. The smallest absolute Gasteiger partial charge is 0.255 e. The first-order chi connectivity index (χ1) is 9.08. The van der Waals surface area contributed by atoms with Gasteiger partial charge >= 0.3 is 0 Å². The number of Topliss-reactive ketones (excluding diaryl/α,β-unsaturated/α-hetero) is 1. The van der Waals surface area contributed by atoms with Gasteiger partial charge in [0.25, 0.3) is 5.91 Å². The van der Waals surface area contributed by atoms with E-state index in [1.165, 1.54) is 0 Å². The zero-order valence-corrected chi connectivity index (χ0v) is 11.4. The third-order valence-electron chi connectivity index (χ3n) is 3.14. The highest BCUT2D eigenvalue weighted by molar-refractivity contribution is 6.02. The third kappa shape index (κ3) is 3.34. The summed E-state index contributed by atoms with van der Waals surface area (Å²) >= 11 is 0. The van der Waals surface area contributed by atoms with Gasteiger partial charge in [-0.2, -0.15) is 0 Å². The van der Waals surface area contributed by atoms with Crippen molar-refractivity contribution in [3.05, 3.63) is 29.3 Å². The van der Waals surface area contributed by atoms with E-state index in [-0.39, 0.29) is 11.7 Å². The van der Waals surface area contributed by atoms with Crippen LogP contribution in [0, 0.1) is 5.92 Å². The molecule has 0 spiro atoms. The number of hydrogen-bond donors (Lipinski definition) is 1. The van der Waals surface area contributed by atoms with Crippen LogP contribution in [0.2, 0.25) is 0 Å². The third-order valence-corrected chi connectivity index (χ3v) is 3.14. The van der Waals surface area contributed by atoms with Gasteiger partial charge in [-0.3, -0.25) is 9.59 Å². The number of nitrogens with one attached hydrogen (secondary N) is 1. The number of hydrogen-bond acceptors (Lipinski definition) is 3. The number of benzene rings is 1. The minimum absolute atomic E-state index is 0.0774. The molecule has 19 heavy (non-hydrogen) atoms. The average molecular weight is 261 g/mol. The summed E-state index contributed by atoms with van der Waals surface area (Å²) in [4.78, 5) is 23.9. The molecule has 0 aromatic heterocycles. The number of amides is 1. The number of carbonyl (C=O) groups is 2. The van der Waals surface area contributed by atoms with E-state index < -0.39 is 0 Å². The average Bonchev–Trinajstić information content (AvgIpc) is 2.58. The largest absolute Gasteiger partial charge is 0.491 e. The van der Waals surface area contributed by atoms with E-state index in [1.807, 2.05) is 0 Å². The van der Waals surface area contributed by atoms with E-state index in [4.69, 9.17) is 4.74 Å². The van der Waals surface area contributed by atoms with Crippen molar-refractivity contribution in [2.45, 2.75) is 26.7 Å². The minimum Gasteiger partial charge on any atom is -0.491 e. The maximum absolute atomic E-state index is 12.1. The Kier molecular flexibility index (Phi) is 4.20. The first-order valence-corrected chi connectivity index (χ1v) is 6.66. The fraction of sp³-hybridized carbons (Fsp3) is 0.467. The molecule has 0 atom stereocenters. The zero-order chi connectivity index (χ0) is 13.8. The van der Waals surface area contributed by atoms with E-state index >= 15 is 0 Å². The molecule has 0 unspecified atom stereocenters. The monoisotopic (exact) mass is 261 g/mol. The van der Waals surface area contributed by atoms with Crippen LogP contribution in [0.4, 0.5) is 0 Å². The minimum atomic E-state index is -0.175. The first-order valence-electron chi connectivity index (χ1n) is 6.66. The molecule has 1 heterocycles. The van der Waals surface area contributed by atoms with Crippen LogP contribution in [0.25, 0.3) is 0 Å². The van der Waals surface area contributed by atoms with Crippen LogP contribution >= 0.6 is 0 Å². The van der Waals surface area contributed by atoms with Crippen LogP contribution in [0.3, 0.4) is 0 Å². The van der Waals surface area contributed by atoms with Crippen LogP contribution in [-0.2, 0) is 0 Å². The fourth-order valence-corrected chi connectivity index (χ4v) is 1.99. The number of ketones is 1. The Morgan fingerprint density at radius 2 is 2.21 bits per heavy atom. The summed E-state index contributed by atoms with van der Waals surface area (Å²) in [5.41, 5.74) is 1.04. The molecule has 0 bridgehead atoms. The highest BCUT2D eigenvalue weighted by Crippen LogP contribution is 2.23. The lowest BCUT2D eigenvalue weighted by atomic mass is 9.99. The Hall–Kier alpha value is -1.84. The Morgan fingerprint density at radius 1 is 1.42 bits per heavy atom. The van der Waals surface area contributed by atoms with Gasteiger partial charge in [0.2, 0.25) is 0 Å². The number of carbonyl (C=O) groups excluding carboxylic acids is 2. The van der Waals surface area contributed by atoms with Gasteiger partial charge in [0.15, 0.2) is 5.78 Å². The van der Waals surface area contributed by atoms with Gasteiger partial charge in [-0.25, -0.2) is 0 Å². The summed E-state index contributed by atoms with van der Waals surface area (Å²) in [6.45, 7) is 5.13. The van der Waals surface area contributed by atoms with Crippen LogP contribution in [0.1, 0.15) is 47.4 Å². The van der Waals surface area contributed by atoms with Crippen LogP contribution in [0.15, 0.2) is 18.2 Å². The molecule has 1 amide bonds. The lowest BCUT2D eigenvalue weighted by molar-refractivity contribution is 0.0957. The second kappa shape index (κ2) is 5.87. The van der Waals surface area contributed by atoms with Gasteiger partial charge in [-0.1, -0.05) is 13.8 Å². The standard InChI is InChI=1S/C15H19NO3/c1-10(2)3-5-13(17)11-4-6-14-12(9-11)15(18)16-7-8-19-14/h4,6,9-10H,3,5,7-8H2,1-2H3,(H,16,18). The van der Waals surface area contributed by atoms with E-state index in [1.54, 1.807) is 18.2 Å². The molecule has 4 heteroatoms. The summed E-state index contributed by atoms with van der Waals surface area (Å²) < 4.78 is 5.46. The summed E-state index contributed by atoms with van der Waals surface area (Å²) in [6, 6.07) is 5.08. The maximum atomic E-state index is 12.1. The van der Waals surface area contributed by atoms with Crippen LogP contribution < -0.4 is 10.1 Å². The highest BCUT2D eigenvalue weighted by Gasteiger charge is 2.18. The van der Waals surface area contributed by atoms with Crippen molar-refractivity contribution in [3.63, 3.8) is 0 Å². The molecule has 0 aliphatic carbocycles. The maximum Gasteiger partial charge on any atom is 0.255 e. The molecular weight excluding hydrogens is 242 g/mol. The fourth-order valence-electron chi connectivity index (χ4n) is 1.99. The molecule has 0 radical (unpaired) electrons. The van der Waals surface area contributed by atoms with Crippen LogP contribution in [-0.4, -0.2) is 24.8 Å². The van der Waals surface area contributed by atoms with Gasteiger partial charge < -0.3 is 10.1 Å². The quantitative estimate of drug-likeness (QED) is 0.847. The number of fused-ring (bicyclic) bond motifs is 1. The molecule has 2 rings (SSSR count). The normalized spacial score (nSPS) is 14.4. The Balaban J connectivity index is 2.20. The molecule has 0 fully saturated rings. The zero-order valence-electron chi connectivity index (χ0n) is 11.4. The van der Waals surface area contributed by atoms with Crippen molar-refractivity contribution in [2.75, 3.05) is 13.2 Å². The van der Waals surface area contributed by atoms with Crippen molar-refractivity contribution in [1.29, 1.82) is 0 Å². The van der Waals surface area contributed by atoms with Gasteiger partial charge in [0, 0.05) is 12.0 Å². The van der Waals surface area contributed by atoms with Crippen molar-refractivity contribution < 1.29 is 14.3 Å². The molecule has 0 saturated carbocycles. The predicted octanol–water partition coefficient (Wildman–Crippen LogP) is 2.43. The van der Waals surface area contributed by atoms with Crippen molar-refractivity contribution in [2.24, 2.45) is 5.92 Å². The number of rotatable bonds is 4. The van der Waals surface area contributed by atoms with E-state index in [2.05, 4.69) is 19.2 Å². The second-order valence-corrected chi connectivity index (χ2v) is 5.17. The summed E-state index contributed by atoms with van der Waals surface area (Å²) in [5.74, 6) is 0.950. The topological polar surface area (TPSA) is 55.4 Å². The van der Waals surface area contributed by atoms with Crippen molar-refractivity contribution >= 4 is 11.7 Å². The van der Waals surface area contributed by atoms with Crippen molar-refractivity contribution in [3.8, 4) is 5.75 Å². The molecular formula is C15H19NO3. The lowest BCUT2D eigenvalue weighted by Gasteiger charge is -2.08. The van der Waals surface area contributed by atoms with Gasteiger partial charge in [0.1, 0.15) is 12.4 Å². The van der Waals surface area contributed by atoms with Gasteiger partial charge in [-0.15, -0.1) is 0 Å². The van der Waals surface area contributed by atoms with E-state index in [9.17, 15) is 9.59 Å². The first kappa shape index (κ1) is 13.6. The van der Waals surface area contributed by atoms with E-state index in [0.717, 1.165) is 6.42 Å². The van der Waals surface area contributed by atoms with E-state index in [0.29, 0.717) is 42.4 Å². The van der Waals surface area contributed by atoms with Gasteiger partial charge in [-0.05, 0) is 30.5 Å². The SMILES string of the molecule is CC(C)CCC(=O)c1ccc2c(c1)C(=O)NCCO2. The molecule has 102 valence electrons. The molecule has 4 nitrogen and oxygen atoms in total. The molecule has 1 aromatic rings. The Labute approximate surface area is 113 Å². The summed E-state index contributed by atoms with van der Waals surface area (Å²) in [7, 11) is 0. The van der Waals surface area contributed by atoms with Gasteiger partial charge in [0.05, 0.1) is 12.1 Å². The molecule has 1 N–H and O–H groups in total. The molecule has 1 aliphatic heterocycles. The van der Waals surface area contributed by atoms with Crippen LogP contribution in [0.5, 0.6) is 5.75 Å². The Morgan fingerprint density at radius 3 is 2.95 bits per heavy atom.